The summed E-state index contributed by atoms with van der Waals surface area (Å²) in [6, 6.07) is 6.75. The smallest absolute Gasteiger partial charge is 0.204 e. The molecular weight excluding hydrogens is 411 g/mol. The van der Waals surface area contributed by atoms with Gasteiger partial charge < -0.3 is 0 Å². The van der Waals surface area contributed by atoms with Crippen molar-refractivity contribution in [2.24, 2.45) is 0 Å². The number of hydrogen-bond donors (Lipinski definition) is 0. The Morgan fingerprint density at radius 3 is 2.47 bits per heavy atom. The number of carbonyl (C=O) groups excluding carboxylic acids is 1. The molecule has 1 aromatic carbocycles. The molecule has 0 unspecified atom stereocenters. The molecule has 1 aromatic heterocycles. The fourth-order valence-electron chi connectivity index (χ4n) is 1.26. The molecule has 2 rings (SSSR count). The summed E-state index contributed by atoms with van der Waals surface area (Å²) in [5.41, 5.74) is 0.530. The van der Waals surface area contributed by atoms with Gasteiger partial charge in [0.25, 0.3) is 0 Å². The van der Waals surface area contributed by atoms with Crippen molar-refractivity contribution in [2.75, 3.05) is 0 Å². The second kappa shape index (κ2) is 5.41. The number of carbonyl (C=O) groups is 1. The van der Waals surface area contributed by atoms with Crippen LogP contribution in [0.15, 0.2) is 32.5 Å². The molecule has 0 saturated heterocycles. The standard InChI is InChI=1S/C11H4Br2Cl2OS/c12-7-2-1-5(14)3-6(7)10(16)9-4-8(15)11(13)17-9/h1-4H. The molecule has 0 atom stereocenters. The minimum absolute atomic E-state index is 0.100. The van der Waals surface area contributed by atoms with Crippen molar-refractivity contribution in [2.45, 2.75) is 0 Å². The second-order valence-electron chi connectivity index (χ2n) is 3.19. The Balaban J connectivity index is 2.47. The maximum Gasteiger partial charge on any atom is 0.204 e. The van der Waals surface area contributed by atoms with Crippen LogP contribution in [-0.2, 0) is 0 Å². The monoisotopic (exact) mass is 412 g/mol. The Labute approximate surface area is 129 Å². The zero-order valence-corrected chi connectivity index (χ0v) is 13.6. The molecule has 1 heterocycles. The number of rotatable bonds is 2. The maximum atomic E-state index is 12.2. The van der Waals surface area contributed by atoms with Gasteiger partial charge in [-0.3, -0.25) is 4.79 Å². The van der Waals surface area contributed by atoms with Crippen LogP contribution in [0, 0.1) is 0 Å². The van der Waals surface area contributed by atoms with Crippen LogP contribution in [0.3, 0.4) is 0 Å². The number of ketones is 1. The van der Waals surface area contributed by atoms with Crippen LogP contribution in [0.2, 0.25) is 10.0 Å². The van der Waals surface area contributed by atoms with Gasteiger partial charge >= 0.3 is 0 Å². The third kappa shape index (κ3) is 2.93. The minimum Gasteiger partial charge on any atom is -0.288 e. The van der Waals surface area contributed by atoms with E-state index < -0.39 is 0 Å². The fraction of sp³-hybridized carbons (Fsp3) is 0. The highest BCUT2D eigenvalue weighted by Crippen LogP contribution is 2.34. The number of thiophene rings is 1. The molecular formula is C11H4Br2Cl2OS. The van der Waals surface area contributed by atoms with Gasteiger partial charge in [-0.2, -0.15) is 0 Å². The first-order chi connectivity index (χ1) is 7.99. The van der Waals surface area contributed by atoms with Gasteiger partial charge in [-0.25, -0.2) is 0 Å². The van der Waals surface area contributed by atoms with Crippen molar-refractivity contribution in [3.63, 3.8) is 0 Å². The van der Waals surface area contributed by atoms with Crippen LogP contribution in [-0.4, -0.2) is 5.78 Å². The van der Waals surface area contributed by atoms with E-state index in [2.05, 4.69) is 31.9 Å². The summed E-state index contributed by atoms with van der Waals surface area (Å²) in [7, 11) is 0. The molecule has 17 heavy (non-hydrogen) atoms. The van der Waals surface area contributed by atoms with E-state index in [0.717, 1.165) is 3.79 Å². The Hall–Kier alpha value is 0.130. The normalized spacial score (nSPS) is 10.6. The van der Waals surface area contributed by atoms with Crippen LogP contribution < -0.4 is 0 Å². The zero-order chi connectivity index (χ0) is 12.6. The molecule has 0 aliphatic rings. The lowest BCUT2D eigenvalue weighted by Gasteiger charge is -2.02. The summed E-state index contributed by atoms with van der Waals surface area (Å²) in [6.07, 6.45) is 0. The summed E-state index contributed by atoms with van der Waals surface area (Å²) >= 11 is 19.7. The van der Waals surface area contributed by atoms with Gasteiger partial charge in [0.15, 0.2) is 0 Å². The lowest BCUT2D eigenvalue weighted by molar-refractivity contribution is 0.104. The summed E-state index contributed by atoms with van der Waals surface area (Å²) in [5.74, 6) is -0.100. The number of hydrogen-bond acceptors (Lipinski definition) is 2. The Morgan fingerprint density at radius 2 is 1.88 bits per heavy atom. The van der Waals surface area contributed by atoms with E-state index in [1.54, 1.807) is 24.3 Å². The van der Waals surface area contributed by atoms with Crippen LogP contribution in [0.5, 0.6) is 0 Å². The molecule has 0 radical (unpaired) electrons. The maximum absolute atomic E-state index is 12.2. The topological polar surface area (TPSA) is 17.1 Å². The quantitative estimate of drug-likeness (QED) is 0.566. The molecule has 0 amide bonds. The Morgan fingerprint density at radius 1 is 1.18 bits per heavy atom. The van der Waals surface area contributed by atoms with Crippen LogP contribution in [0.4, 0.5) is 0 Å². The molecule has 0 saturated carbocycles. The van der Waals surface area contributed by atoms with Gasteiger partial charge in [0.2, 0.25) is 5.78 Å². The van der Waals surface area contributed by atoms with E-state index in [0.29, 0.717) is 25.0 Å². The van der Waals surface area contributed by atoms with E-state index in [1.165, 1.54) is 11.3 Å². The van der Waals surface area contributed by atoms with Crippen molar-refractivity contribution in [1.29, 1.82) is 0 Å². The van der Waals surface area contributed by atoms with Gasteiger partial charge in [-0.15, -0.1) is 11.3 Å². The predicted molar refractivity (Wildman–Crippen MR) is 79.6 cm³/mol. The molecule has 88 valence electrons. The third-order valence-electron chi connectivity index (χ3n) is 2.04. The molecule has 0 bridgehead atoms. The van der Waals surface area contributed by atoms with Crippen molar-refractivity contribution in [3.05, 3.63) is 53.0 Å². The van der Waals surface area contributed by atoms with Gasteiger partial charge in [0, 0.05) is 15.1 Å². The second-order valence-corrected chi connectivity index (χ2v) is 7.25. The number of benzene rings is 1. The first-order valence-corrected chi connectivity index (χ1v) is 7.59. The van der Waals surface area contributed by atoms with Crippen LogP contribution >= 0.6 is 66.4 Å². The first-order valence-electron chi connectivity index (χ1n) is 4.43. The Bertz CT molecular complexity index is 576. The molecule has 0 N–H and O–H groups in total. The summed E-state index contributed by atoms with van der Waals surface area (Å²) in [6.45, 7) is 0. The third-order valence-corrected chi connectivity index (χ3v) is 5.44. The molecule has 0 aliphatic carbocycles. The first kappa shape index (κ1) is 13.6. The highest BCUT2D eigenvalue weighted by Gasteiger charge is 2.17. The molecule has 6 heteroatoms. The van der Waals surface area contributed by atoms with Crippen molar-refractivity contribution in [3.8, 4) is 0 Å². The fourth-order valence-corrected chi connectivity index (χ4v) is 3.52. The number of halogens is 4. The van der Waals surface area contributed by atoms with Gasteiger partial charge in [0.05, 0.1) is 13.7 Å². The van der Waals surface area contributed by atoms with Crippen molar-refractivity contribution >= 4 is 72.2 Å². The largest absolute Gasteiger partial charge is 0.288 e. The van der Waals surface area contributed by atoms with E-state index in [-0.39, 0.29) is 5.78 Å². The summed E-state index contributed by atoms with van der Waals surface area (Å²) in [5, 5.41) is 1.06. The molecule has 1 nitrogen and oxygen atoms in total. The SMILES string of the molecule is O=C(c1cc(Cl)c(Br)s1)c1cc(Cl)ccc1Br. The molecule has 0 spiro atoms. The van der Waals surface area contributed by atoms with Gasteiger partial charge in [-0.1, -0.05) is 39.1 Å². The highest BCUT2D eigenvalue weighted by atomic mass is 79.9. The average molecular weight is 415 g/mol. The zero-order valence-electron chi connectivity index (χ0n) is 8.14. The summed E-state index contributed by atoms with van der Waals surface area (Å²) < 4.78 is 1.47. The highest BCUT2D eigenvalue weighted by molar-refractivity contribution is 9.11. The van der Waals surface area contributed by atoms with Crippen LogP contribution in [0.1, 0.15) is 15.2 Å². The minimum atomic E-state index is -0.100. The van der Waals surface area contributed by atoms with Gasteiger partial charge in [0.1, 0.15) is 0 Å². The van der Waals surface area contributed by atoms with E-state index in [4.69, 9.17) is 23.2 Å². The van der Waals surface area contributed by atoms with Crippen LogP contribution in [0.25, 0.3) is 0 Å². The lowest BCUT2D eigenvalue weighted by atomic mass is 10.1. The van der Waals surface area contributed by atoms with Crippen molar-refractivity contribution in [1.82, 2.24) is 0 Å². The van der Waals surface area contributed by atoms with Gasteiger partial charge in [-0.05, 0) is 40.2 Å². The molecule has 0 fully saturated rings. The average Bonchev–Trinajstić information content (AvgIpc) is 2.62. The van der Waals surface area contributed by atoms with Crippen molar-refractivity contribution < 1.29 is 4.79 Å². The Kier molecular flexibility index (Phi) is 4.31. The van der Waals surface area contributed by atoms with E-state index >= 15 is 0 Å². The van der Waals surface area contributed by atoms with E-state index in [1.807, 2.05) is 0 Å². The molecule has 2 aromatic rings. The lowest BCUT2D eigenvalue weighted by Crippen LogP contribution is -1.99. The predicted octanol–water partition coefficient (Wildman–Crippen LogP) is 5.81. The van der Waals surface area contributed by atoms with E-state index in [9.17, 15) is 4.79 Å². The molecule has 0 aliphatic heterocycles. The summed E-state index contributed by atoms with van der Waals surface area (Å²) in [4.78, 5) is 12.8.